The van der Waals surface area contributed by atoms with Crippen LogP contribution in [0.3, 0.4) is 0 Å². The summed E-state index contributed by atoms with van der Waals surface area (Å²) in [5, 5.41) is 13.3. The molecule has 1 aromatic rings. The molecule has 5 heteroatoms. The van der Waals surface area contributed by atoms with Gasteiger partial charge in [0.15, 0.2) is 0 Å². The van der Waals surface area contributed by atoms with E-state index in [1.165, 1.54) is 17.5 Å². The summed E-state index contributed by atoms with van der Waals surface area (Å²) < 4.78 is 0. The molecule has 5 nitrogen and oxygen atoms in total. The number of amides is 2. The summed E-state index contributed by atoms with van der Waals surface area (Å²) in [6.45, 7) is 6.96. The molecule has 2 N–H and O–H groups in total. The fourth-order valence-corrected chi connectivity index (χ4v) is 4.19. The lowest BCUT2D eigenvalue weighted by Gasteiger charge is -2.39. The van der Waals surface area contributed by atoms with E-state index >= 15 is 0 Å². The second-order valence-corrected chi connectivity index (χ2v) is 7.63. The van der Waals surface area contributed by atoms with Gasteiger partial charge in [-0.25, -0.2) is 4.79 Å². The summed E-state index contributed by atoms with van der Waals surface area (Å²) in [6, 6.07) is 9.02. The van der Waals surface area contributed by atoms with Crippen LogP contribution in [0.15, 0.2) is 24.3 Å². The highest BCUT2D eigenvalue weighted by Crippen LogP contribution is 2.22. The first-order valence-corrected chi connectivity index (χ1v) is 9.58. The monoisotopic (exact) mass is 345 g/mol. The number of carbonyl (C=O) groups is 1. The molecule has 3 unspecified atom stereocenters. The molecule has 2 heterocycles. The predicted molar refractivity (Wildman–Crippen MR) is 99.4 cm³/mol. The number of hydrogen-bond donors (Lipinski definition) is 2. The van der Waals surface area contributed by atoms with Crippen molar-refractivity contribution in [3.63, 3.8) is 0 Å². The zero-order valence-electron chi connectivity index (χ0n) is 15.4. The van der Waals surface area contributed by atoms with Gasteiger partial charge in [0.1, 0.15) is 0 Å². The van der Waals surface area contributed by atoms with Gasteiger partial charge >= 0.3 is 6.03 Å². The summed E-state index contributed by atoms with van der Waals surface area (Å²) in [5.41, 5.74) is 2.76. The van der Waals surface area contributed by atoms with E-state index in [1.807, 2.05) is 4.90 Å². The van der Waals surface area contributed by atoms with Gasteiger partial charge in [0.05, 0.1) is 6.10 Å². The molecule has 0 aliphatic carbocycles. The van der Waals surface area contributed by atoms with Gasteiger partial charge in [-0.3, -0.25) is 4.90 Å². The molecule has 1 fully saturated rings. The van der Waals surface area contributed by atoms with Crippen LogP contribution >= 0.6 is 0 Å². The van der Waals surface area contributed by atoms with Gasteiger partial charge in [0.25, 0.3) is 0 Å². The Bertz CT molecular complexity index is 582. The summed E-state index contributed by atoms with van der Waals surface area (Å²) in [5.74, 6) is 0. The molecule has 3 atom stereocenters. The Hall–Kier alpha value is -1.59. The van der Waals surface area contributed by atoms with Crippen LogP contribution in [-0.4, -0.2) is 58.8 Å². The number of rotatable bonds is 4. The van der Waals surface area contributed by atoms with Crippen LogP contribution < -0.4 is 5.32 Å². The van der Waals surface area contributed by atoms with Crippen molar-refractivity contribution in [3.8, 4) is 0 Å². The van der Waals surface area contributed by atoms with Gasteiger partial charge in [-0.2, -0.15) is 0 Å². The number of nitrogens with one attached hydrogen (secondary N) is 1. The van der Waals surface area contributed by atoms with Crippen LogP contribution in [-0.2, 0) is 13.0 Å². The van der Waals surface area contributed by atoms with Gasteiger partial charge < -0.3 is 15.3 Å². The Morgan fingerprint density at radius 1 is 1.24 bits per heavy atom. The van der Waals surface area contributed by atoms with Crippen LogP contribution in [0.5, 0.6) is 0 Å². The second-order valence-electron chi connectivity index (χ2n) is 7.63. The van der Waals surface area contributed by atoms with Gasteiger partial charge in [-0.1, -0.05) is 24.3 Å². The van der Waals surface area contributed by atoms with Gasteiger partial charge in [-0.15, -0.1) is 0 Å². The van der Waals surface area contributed by atoms with Crippen molar-refractivity contribution in [1.29, 1.82) is 0 Å². The Kier molecular flexibility index (Phi) is 5.97. The molecule has 0 aromatic heterocycles. The van der Waals surface area contributed by atoms with Gasteiger partial charge in [0.2, 0.25) is 0 Å². The number of aliphatic hydroxyl groups excluding tert-OH is 1. The van der Waals surface area contributed by atoms with E-state index < -0.39 is 6.10 Å². The third-order valence-electron chi connectivity index (χ3n) is 5.60. The van der Waals surface area contributed by atoms with Gasteiger partial charge in [0, 0.05) is 38.3 Å². The van der Waals surface area contributed by atoms with Crippen molar-refractivity contribution in [2.24, 2.45) is 0 Å². The SMILES string of the molecule is CC1CCCC(C)N1C(=O)NCC(O)CN1CCc2ccccc2C1. The summed E-state index contributed by atoms with van der Waals surface area (Å²) in [6.07, 6.45) is 3.80. The first-order chi connectivity index (χ1) is 12.0. The number of likely N-dealkylation sites (tertiary alicyclic amines) is 1. The zero-order chi connectivity index (χ0) is 17.8. The quantitative estimate of drug-likeness (QED) is 0.881. The molecule has 0 radical (unpaired) electrons. The molecular weight excluding hydrogens is 314 g/mol. The van der Waals surface area contributed by atoms with Crippen LogP contribution in [0.2, 0.25) is 0 Å². The first kappa shape index (κ1) is 18.2. The van der Waals surface area contributed by atoms with E-state index in [-0.39, 0.29) is 18.1 Å². The molecule has 2 amide bonds. The number of fused-ring (bicyclic) bond motifs is 1. The molecule has 3 rings (SSSR count). The third kappa shape index (κ3) is 4.53. The lowest BCUT2D eigenvalue weighted by Crippen LogP contribution is -2.53. The maximum Gasteiger partial charge on any atom is 0.317 e. The minimum absolute atomic E-state index is 0.0391. The average Bonchev–Trinajstić information content (AvgIpc) is 2.60. The Labute approximate surface area is 151 Å². The largest absolute Gasteiger partial charge is 0.390 e. The fraction of sp³-hybridized carbons (Fsp3) is 0.650. The smallest absolute Gasteiger partial charge is 0.317 e. The lowest BCUT2D eigenvalue weighted by atomic mass is 9.98. The van der Waals surface area contributed by atoms with Gasteiger partial charge in [-0.05, 0) is 50.7 Å². The standard InChI is InChI=1S/C20H31N3O2/c1-15-6-5-7-16(2)23(15)20(25)21-12-19(24)14-22-11-10-17-8-3-4-9-18(17)13-22/h3-4,8-9,15-16,19,24H,5-7,10-14H2,1-2H3,(H,21,25). The number of carbonyl (C=O) groups excluding carboxylic acids is 1. The molecule has 25 heavy (non-hydrogen) atoms. The molecule has 138 valence electrons. The molecular formula is C20H31N3O2. The summed E-state index contributed by atoms with van der Waals surface area (Å²) in [4.78, 5) is 16.7. The topological polar surface area (TPSA) is 55.8 Å². The third-order valence-corrected chi connectivity index (χ3v) is 5.60. The van der Waals surface area contributed by atoms with Crippen molar-refractivity contribution in [2.45, 2.75) is 64.3 Å². The van der Waals surface area contributed by atoms with E-state index in [2.05, 4.69) is 48.3 Å². The maximum absolute atomic E-state index is 12.5. The summed E-state index contributed by atoms with van der Waals surface area (Å²) in [7, 11) is 0. The average molecular weight is 345 g/mol. The number of nitrogens with zero attached hydrogens (tertiary/aromatic N) is 2. The Morgan fingerprint density at radius 2 is 1.92 bits per heavy atom. The number of aliphatic hydroxyl groups is 1. The van der Waals surface area contributed by atoms with Crippen molar-refractivity contribution in [3.05, 3.63) is 35.4 Å². The highest BCUT2D eigenvalue weighted by Gasteiger charge is 2.29. The van der Waals surface area contributed by atoms with E-state index in [9.17, 15) is 9.90 Å². The number of benzene rings is 1. The summed E-state index contributed by atoms with van der Waals surface area (Å²) >= 11 is 0. The van der Waals surface area contributed by atoms with Crippen molar-refractivity contribution in [2.75, 3.05) is 19.6 Å². The maximum atomic E-state index is 12.5. The van der Waals surface area contributed by atoms with Crippen molar-refractivity contribution < 1.29 is 9.90 Å². The van der Waals surface area contributed by atoms with E-state index in [1.54, 1.807) is 0 Å². The Balaban J connectivity index is 1.45. The second kappa shape index (κ2) is 8.19. The number of hydrogen-bond acceptors (Lipinski definition) is 3. The first-order valence-electron chi connectivity index (χ1n) is 9.58. The van der Waals surface area contributed by atoms with Crippen LogP contribution in [0, 0.1) is 0 Å². The van der Waals surface area contributed by atoms with Crippen LogP contribution in [0.4, 0.5) is 4.79 Å². The minimum Gasteiger partial charge on any atom is -0.390 e. The molecule has 1 aromatic carbocycles. The Morgan fingerprint density at radius 3 is 2.64 bits per heavy atom. The lowest BCUT2D eigenvalue weighted by molar-refractivity contribution is 0.0942. The van der Waals surface area contributed by atoms with Crippen molar-refractivity contribution >= 4 is 6.03 Å². The molecule has 1 saturated heterocycles. The molecule has 0 spiro atoms. The molecule has 0 saturated carbocycles. The zero-order valence-corrected chi connectivity index (χ0v) is 15.4. The predicted octanol–water partition coefficient (Wildman–Crippen LogP) is 2.38. The normalized spacial score (nSPS) is 25.3. The van der Waals surface area contributed by atoms with E-state index in [0.29, 0.717) is 13.1 Å². The number of piperidine rings is 1. The van der Waals surface area contributed by atoms with Crippen LogP contribution in [0.25, 0.3) is 0 Å². The highest BCUT2D eigenvalue weighted by molar-refractivity contribution is 5.75. The minimum atomic E-state index is -0.537. The molecule has 2 aliphatic heterocycles. The van der Waals surface area contributed by atoms with E-state index in [4.69, 9.17) is 0 Å². The molecule has 0 bridgehead atoms. The highest BCUT2D eigenvalue weighted by atomic mass is 16.3. The molecule has 2 aliphatic rings. The van der Waals surface area contributed by atoms with E-state index in [0.717, 1.165) is 32.4 Å². The van der Waals surface area contributed by atoms with Crippen molar-refractivity contribution in [1.82, 2.24) is 15.1 Å². The number of urea groups is 1. The van der Waals surface area contributed by atoms with Crippen LogP contribution in [0.1, 0.15) is 44.2 Å². The fourth-order valence-electron chi connectivity index (χ4n) is 4.19. The number of β-amino-alcohol motifs (C(OH)–C–C–N with tert-alkyl or cyclic N) is 1.